The van der Waals surface area contributed by atoms with Gasteiger partial charge >= 0.3 is 0 Å². The minimum atomic E-state index is -1.05. The van der Waals surface area contributed by atoms with Gasteiger partial charge in [-0.05, 0) is 31.4 Å². The van der Waals surface area contributed by atoms with Crippen LogP contribution in [0.15, 0.2) is 30.3 Å². The number of aliphatic hydroxyl groups excluding tert-OH is 1. The molecule has 1 fully saturated rings. The molecule has 0 bridgehead atoms. The molecule has 110 valence electrons. The van der Waals surface area contributed by atoms with Crippen LogP contribution in [-0.4, -0.2) is 41.6 Å². The third kappa shape index (κ3) is 3.58. The average molecular weight is 276 g/mol. The van der Waals surface area contributed by atoms with E-state index in [1.54, 1.807) is 12.1 Å². The van der Waals surface area contributed by atoms with Gasteiger partial charge in [0, 0.05) is 19.1 Å². The summed E-state index contributed by atoms with van der Waals surface area (Å²) in [6.07, 6.45) is 1.95. The molecule has 0 spiro atoms. The van der Waals surface area contributed by atoms with Crippen molar-refractivity contribution in [3.63, 3.8) is 0 Å². The number of nitrogens with zero attached hydrogens (tertiary/aromatic N) is 1. The molecule has 1 aliphatic heterocycles. The van der Waals surface area contributed by atoms with Gasteiger partial charge in [0.25, 0.3) is 5.91 Å². The number of amides is 1. The van der Waals surface area contributed by atoms with Crippen LogP contribution in [0.2, 0.25) is 0 Å². The Kier molecular flexibility index (Phi) is 5.56. The lowest BCUT2D eigenvalue weighted by Gasteiger charge is -2.35. The molecule has 4 heteroatoms. The minimum Gasteiger partial charge on any atom is -0.378 e. The quantitative estimate of drug-likeness (QED) is 0.861. The van der Waals surface area contributed by atoms with Crippen LogP contribution in [0.5, 0.6) is 0 Å². The third-order valence-corrected chi connectivity index (χ3v) is 3.81. The van der Waals surface area contributed by atoms with E-state index in [9.17, 15) is 9.90 Å². The molecule has 1 aromatic rings. The Morgan fingerprint density at radius 2 is 2.20 bits per heavy atom. The Hall–Kier alpha value is -1.39. The van der Waals surface area contributed by atoms with Crippen molar-refractivity contribution < 1.29 is 9.90 Å². The number of carbonyl (C=O) groups excluding carboxylic acids is 1. The smallest absolute Gasteiger partial charge is 0.256 e. The molecule has 1 aromatic carbocycles. The van der Waals surface area contributed by atoms with Crippen LogP contribution >= 0.6 is 0 Å². The van der Waals surface area contributed by atoms with Crippen LogP contribution in [-0.2, 0) is 4.79 Å². The molecule has 0 aromatic heterocycles. The number of hydrogen-bond donors (Lipinski definition) is 2. The molecule has 2 atom stereocenters. The zero-order chi connectivity index (χ0) is 14.4. The van der Waals surface area contributed by atoms with Gasteiger partial charge < -0.3 is 15.3 Å². The van der Waals surface area contributed by atoms with Crippen molar-refractivity contribution in [2.45, 2.75) is 38.3 Å². The Morgan fingerprint density at radius 3 is 2.80 bits per heavy atom. The number of rotatable bonds is 5. The van der Waals surface area contributed by atoms with Crippen LogP contribution in [0.3, 0.4) is 0 Å². The van der Waals surface area contributed by atoms with Gasteiger partial charge in [-0.2, -0.15) is 0 Å². The van der Waals surface area contributed by atoms with E-state index in [0.717, 1.165) is 32.4 Å². The van der Waals surface area contributed by atoms with E-state index in [-0.39, 0.29) is 11.9 Å². The van der Waals surface area contributed by atoms with Gasteiger partial charge in [-0.15, -0.1) is 0 Å². The normalized spacial score (nSPS) is 20.4. The van der Waals surface area contributed by atoms with Crippen LogP contribution < -0.4 is 5.32 Å². The molecule has 2 N–H and O–H groups in total. The number of benzene rings is 1. The van der Waals surface area contributed by atoms with Crippen LogP contribution in [0.4, 0.5) is 0 Å². The summed E-state index contributed by atoms with van der Waals surface area (Å²) in [7, 11) is 0. The van der Waals surface area contributed by atoms with Crippen molar-refractivity contribution in [2.24, 2.45) is 0 Å². The summed E-state index contributed by atoms with van der Waals surface area (Å²) in [5.41, 5.74) is 0.669. The van der Waals surface area contributed by atoms with Gasteiger partial charge in [-0.3, -0.25) is 4.79 Å². The molecule has 1 amide bonds. The lowest BCUT2D eigenvalue weighted by atomic mass is 10.0. The first-order valence-electron chi connectivity index (χ1n) is 7.48. The van der Waals surface area contributed by atoms with Gasteiger partial charge in [-0.25, -0.2) is 0 Å². The maximum atomic E-state index is 12.6. The number of hydrogen-bond acceptors (Lipinski definition) is 3. The van der Waals surface area contributed by atoms with E-state index >= 15 is 0 Å². The van der Waals surface area contributed by atoms with Crippen molar-refractivity contribution in [3.8, 4) is 0 Å². The molecule has 1 aliphatic rings. The SMILES string of the molecule is CCCN(C(=O)C(O)c1ccccc1)C1CCCNC1. The second kappa shape index (κ2) is 7.41. The van der Waals surface area contributed by atoms with Gasteiger partial charge in [0.15, 0.2) is 6.10 Å². The third-order valence-electron chi connectivity index (χ3n) is 3.81. The number of carbonyl (C=O) groups is 1. The summed E-state index contributed by atoms with van der Waals surface area (Å²) in [5, 5.41) is 13.6. The Morgan fingerprint density at radius 1 is 1.45 bits per heavy atom. The van der Waals surface area contributed by atoms with Crippen LogP contribution in [0.25, 0.3) is 0 Å². The zero-order valence-electron chi connectivity index (χ0n) is 12.1. The Balaban J connectivity index is 2.09. The fraction of sp³-hybridized carbons (Fsp3) is 0.562. The summed E-state index contributed by atoms with van der Waals surface area (Å²) in [4.78, 5) is 14.4. The highest BCUT2D eigenvalue weighted by Gasteiger charge is 2.29. The first-order chi connectivity index (χ1) is 9.74. The zero-order valence-corrected chi connectivity index (χ0v) is 12.1. The highest BCUT2D eigenvalue weighted by atomic mass is 16.3. The van der Waals surface area contributed by atoms with Crippen LogP contribution in [0, 0.1) is 0 Å². The molecular formula is C16H24N2O2. The van der Waals surface area contributed by atoms with E-state index in [2.05, 4.69) is 12.2 Å². The summed E-state index contributed by atoms with van der Waals surface area (Å²) < 4.78 is 0. The monoisotopic (exact) mass is 276 g/mol. The highest BCUT2D eigenvalue weighted by molar-refractivity contribution is 5.82. The maximum absolute atomic E-state index is 12.6. The fourth-order valence-corrected chi connectivity index (χ4v) is 2.75. The molecule has 0 saturated carbocycles. The van der Waals surface area contributed by atoms with Crippen molar-refractivity contribution in [1.82, 2.24) is 10.2 Å². The van der Waals surface area contributed by atoms with Gasteiger partial charge in [0.1, 0.15) is 0 Å². The van der Waals surface area contributed by atoms with Crippen molar-refractivity contribution in [2.75, 3.05) is 19.6 Å². The van der Waals surface area contributed by atoms with Gasteiger partial charge in [0.05, 0.1) is 0 Å². The predicted octanol–water partition coefficient (Wildman–Crippen LogP) is 1.71. The van der Waals surface area contributed by atoms with E-state index < -0.39 is 6.10 Å². The van der Waals surface area contributed by atoms with E-state index in [1.807, 2.05) is 23.1 Å². The van der Waals surface area contributed by atoms with E-state index in [1.165, 1.54) is 0 Å². The van der Waals surface area contributed by atoms with Crippen molar-refractivity contribution >= 4 is 5.91 Å². The molecule has 1 heterocycles. The van der Waals surface area contributed by atoms with E-state index in [0.29, 0.717) is 12.1 Å². The Labute approximate surface area is 120 Å². The summed E-state index contributed by atoms with van der Waals surface area (Å²) in [6.45, 7) is 4.61. The standard InChI is InChI=1S/C16H24N2O2/c1-2-11-18(14-9-6-10-17-12-14)16(20)15(19)13-7-4-3-5-8-13/h3-5,7-8,14-15,17,19H,2,6,9-12H2,1H3. The first-order valence-corrected chi connectivity index (χ1v) is 7.48. The lowest BCUT2D eigenvalue weighted by Crippen LogP contribution is -2.50. The fourth-order valence-electron chi connectivity index (χ4n) is 2.75. The average Bonchev–Trinajstić information content (AvgIpc) is 2.53. The number of aliphatic hydroxyl groups is 1. The second-order valence-electron chi connectivity index (χ2n) is 5.35. The summed E-state index contributed by atoms with van der Waals surface area (Å²) in [6, 6.07) is 9.37. The maximum Gasteiger partial charge on any atom is 0.256 e. The van der Waals surface area contributed by atoms with E-state index in [4.69, 9.17) is 0 Å². The second-order valence-corrected chi connectivity index (χ2v) is 5.35. The molecule has 2 rings (SSSR count). The molecule has 0 radical (unpaired) electrons. The number of piperidine rings is 1. The Bertz CT molecular complexity index is 416. The van der Waals surface area contributed by atoms with Crippen LogP contribution in [0.1, 0.15) is 37.9 Å². The molecule has 4 nitrogen and oxygen atoms in total. The molecule has 0 aliphatic carbocycles. The summed E-state index contributed by atoms with van der Waals surface area (Å²) >= 11 is 0. The molecule has 1 saturated heterocycles. The van der Waals surface area contributed by atoms with Crippen molar-refractivity contribution in [1.29, 1.82) is 0 Å². The summed E-state index contributed by atoms with van der Waals surface area (Å²) in [5.74, 6) is -0.174. The highest BCUT2D eigenvalue weighted by Crippen LogP contribution is 2.19. The largest absolute Gasteiger partial charge is 0.378 e. The number of nitrogens with one attached hydrogen (secondary N) is 1. The molecule has 20 heavy (non-hydrogen) atoms. The van der Waals surface area contributed by atoms with Crippen molar-refractivity contribution in [3.05, 3.63) is 35.9 Å². The van der Waals surface area contributed by atoms with Gasteiger partial charge in [-0.1, -0.05) is 37.3 Å². The molecular weight excluding hydrogens is 252 g/mol. The predicted molar refractivity (Wildman–Crippen MR) is 79.3 cm³/mol. The minimum absolute atomic E-state index is 0.174. The first kappa shape index (κ1) is 15.0. The molecule has 2 unspecified atom stereocenters. The van der Waals surface area contributed by atoms with Gasteiger partial charge in [0.2, 0.25) is 0 Å². The topological polar surface area (TPSA) is 52.6 Å². The lowest BCUT2D eigenvalue weighted by molar-refractivity contribution is -0.143.